The summed E-state index contributed by atoms with van der Waals surface area (Å²) in [5, 5.41) is -0.0303. The predicted molar refractivity (Wildman–Crippen MR) is 135 cm³/mol. The van der Waals surface area contributed by atoms with Gasteiger partial charge in [-0.3, -0.25) is 9.78 Å². The Kier molecular flexibility index (Phi) is 9.25. The van der Waals surface area contributed by atoms with Crippen molar-refractivity contribution in [3.8, 4) is 18.1 Å². The molecule has 37 heavy (non-hydrogen) atoms. The van der Waals surface area contributed by atoms with Crippen molar-refractivity contribution in [2.75, 3.05) is 19.1 Å². The Morgan fingerprint density at radius 1 is 1.11 bits per heavy atom. The third-order valence-corrected chi connectivity index (χ3v) is 6.09. The summed E-state index contributed by atoms with van der Waals surface area (Å²) in [6.07, 6.45) is 9.54. The molecule has 194 valence electrons. The molecule has 1 atom stereocenters. The molecule has 0 aliphatic heterocycles. The minimum atomic E-state index is -0.799. The Labute approximate surface area is 219 Å². The molecule has 1 amide bonds. The SMILES string of the molecule is C#CC(C)Oc1cc(N(Cc2cncc(C(=O)OC)c2)C(=O)C2=C(C(=O)OC)CCCC2)c(F)cc1Cl. The number of carbonyl (C=O) groups excluding carboxylic acids is 3. The van der Waals surface area contributed by atoms with Crippen molar-refractivity contribution in [2.24, 2.45) is 0 Å². The number of hydrogen-bond acceptors (Lipinski definition) is 7. The van der Waals surface area contributed by atoms with Gasteiger partial charge in [0.15, 0.2) is 6.10 Å². The summed E-state index contributed by atoms with van der Waals surface area (Å²) in [6.45, 7) is 1.43. The highest BCUT2D eigenvalue weighted by Crippen LogP contribution is 2.36. The van der Waals surface area contributed by atoms with Crippen LogP contribution in [0, 0.1) is 18.2 Å². The molecule has 1 aliphatic rings. The number of hydrogen-bond donors (Lipinski definition) is 0. The second-order valence-electron chi connectivity index (χ2n) is 8.28. The van der Waals surface area contributed by atoms with Crippen LogP contribution in [0.2, 0.25) is 5.02 Å². The van der Waals surface area contributed by atoms with E-state index in [0.717, 1.165) is 11.0 Å². The van der Waals surface area contributed by atoms with Gasteiger partial charge in [0.2, 0.25) is 0 Å². The van der Waals surface area contributed by atoms with E-state index >= 15 is 4.39 Å². The van der Waals surface area contributed by atoms with Crippen LogP contribution in [0.1, 0.15) is 48.5 Å². The third kappa shape index (κ3) is 6.46. The number of nitrogens with zero attached hydrogens (tertiary/aromatic N) is 2. The van der Waals surface area contributed by atoms with Crippen LogP contribution in [0.3, 0.4) is 0 Å². The van der Waals surface area contributed by atoms with E-state index in [1.807, 2.05) is 0 Å². The predicted octanol–water partition coefficient (Wildman–Crippen LogP) is 4.64. The standard InChI is InChI=1S/C27H26ClFN2O6/c1-5-16(2)37-24-12-23(22(29)11-21(24)28)31(15-17-10-18(14-30-13-17)26(33)35-3)25(32)19-8-6-7-9-20(19)27(34)36-4/h1,10-14,16H,6-9,15H2,2-4H3. The maximum atomic E-state index is 15.3. The van der Waals surface area contributed by atoms with Crippen LogP contribution in [-0.4, -0.2) is 43.2 Å². The molecule has 1 aliphatic carbocycles. The van der Waals surface area contributed by atoms with Crippen molar-refractivity contribution in [1.29, 1.82) is 0 Å². The third-order valence-electron chi connectivity index (χ3n) is 5.79. The fourth-order valence-corrected chi connectivity index (χ4v) is 4.14. The summed E-state index contributed by atoms with van der Waals surface area (Å²) in [5.41, 5.74) is 0.893. The van der Waals surface area contributed by atoms with Crippen LogP contribution >= 0.6 is 11.6 Å². The summed E-state index contributed by atoms with van der Waals surface area (Å²) in [5.74, 6) is -0.148. The van der Waals surface area contributed by atoms with Crippen LogP contribution < -0.4 is 9.64 Å². The van der Waals surface area contributed by atoms with Crippen molar-refractivity contribution in [2.45, 2.75) is 45.3 Å². The molecular formula is C27H26ClFN2O6. The van der Waals surface area contributed by atoms with Crippen molar-refractivity contribution >= 4 is 35.1 Å². The van der Waals surface area contributed by atoms with Gasteiger partial charge in [-0.05, 0) is 50.3 Å². The molecule has 1 heterocycles. The molecule has 1 unspecified atom stereocenters. The van der Waals surface area contributed by atoms with Gasteiger partial charge in [-0.25, -0.2) is 14.0 Å². The lowest BCUT2D eigenvalue weighted by molar-refractivity contribution is -0.136. The highest BCUT2D eigenvalue weighted by molar-refractivity contribution is 6.32. The highest BCUT2D eigenvalue weighted by Gasteiger charge is 2.31. The molecule has 1 aromatic heterocycles. The van der Waals surface area contributed by atoms with E-state index in [4.69, 9.17) is 32.2 Å². The maximum absolute atomic E-state index is 15.3. The van der Waals surface area contributed by atoms with Crippen molar-refractivity contribution in [1.82, 2.24) is 4.98 Å². The van der Waals surface area contributed by atoms with Crippen molar-refractivity contribution < 1.29 is 33.0 Å². The van der Waals surface area contributed by atoms with Crippen LogP contribution in [0.15, 0.2) is 41.7 Å². The van der Waals surface area contributed by atoms with Gasteiger partial charge >= 0.3 is 11.9 Å². The summed E-state index contributed by atoms with van der Waals surface area (Å²) in [7, 11) is 2.47. The lowest BCUT2D eigenvalue weighted by Crippen LogP contribution is -2.34. The van der Waals surface area contributed by atoms with Crippen LogP contribution in [-0.2, 0) is 25.6 Å². The van der Waals surface area contributed by atoms with Gasteiger partial charge in [-0.1, -0.05) is 17.5 Å². The van der Waals surface area contributed by atoms with E-state index in [9.17, 15) is 14.4 Å². The van der Waals surface area contributed by atoms with E-state index in [1.54, 1.807) is 6.92 Å². The second kappa shape index (κ2) is 12.4. The number of pyridine rings is 1. The average molecular weight is 529 g/mol. The summed E-state index contributed by atoms with van der Waals surface area (Å²) in [6, 6.07) is 3.79. The van der Waals surface area contributed by atoms with Crippen molar-refractivity contribution in [3.63, 3.8) is 0 Å². The molecule has 3 rings (SSSR count). The number of anilines is 1. The highest BCUT2D eigenvalue weighted by atomic mass is 35.5. The molecule has 0 N–H and O–H groups in total. The Bertz CT molecular complexity index is 1290. The molecule has 8 nitrogen and oxygen atoms in total. The molecule has 0 bridgehead atoms. The molecule has 10 heteroatoms. The van der Waals surface area contributed by atoms with E-state index < -0.39 is 29.8 Å². The number of rotatable bonds is 8. The minimum Gasteiger partial charge on any atom is -0.476 e. The molecule has 2 aromatic rings. The van der Waals surface area contributed by atoms with Crippen molar-refractivity contribution in [3.05, 3.63) is 63.7 Å². The van der Waals surface area contributed by atoms with Gasteiger partial charge in [0, 0.05) is 29.6 Å². The smallest absolute Gasteiger partial charge is 0.339 e. The van der Waals surface area contributed by atoms with E-state index in [0.29, 0.717) is 31.2 Å². The van der Waals surface area contributed by atoms with Gasteiger partial charge in [-0.2, -0.15) is 0 Å². The average Bonchev–Trinajstić information content (AvgIpc) is 2.92. The first-order chi connectivity index (χ1) is 17.7. The zero-order chi connectivity index (χ0) is 27.1. The number of esters is 2. The lowest BCUT2D eigenvalue weighted by Gasteiger charge is -2.28. The molecule has 0 radical (unpaired) electrons. The zero-order valence-corrected chi connectivity index (χ0v) is 21.4. The van der Waals surface area contributed by atoms with E-state index in [2.05, 4.69) is 10.9 Å². The quantitative estimate of drug-likeness (QED) is 0.364. The van der Waals surface area contributed by atoms with Crippen LogP contribution in [0.25, 0.3) is 0 Å². The Balaban J connectivity index is 2.15. The van der Waals surface area contributed by atoms with Gasteiger partial charge in [0.1, 0.15) is 11.6 Å². The van der Waals surface area contributed by atoms with Gasteiger partial charge in [0.25, 0.3) is 5.91 Å². The first-order valence-corrected chi connectivity index (χ1v) is 11.8. The summed E-state index contributed by atoms with van der Waals surface area (Å²) >= 11 is 6.18. The first-order valence-electron chi connectivity index (χ1n) is 11.5. The number of terminal acetylenes is 1. The van der Waals surface area contributed by atoms with E-state index in [-0.39, 0.29) is 39.7 Å². The molecule has 1 aromatic carbocycles. The molecule has 0 fully saturated rings. The number of carbonyl (C=O) groups is 3. The first kappa shape index (κ1) is 27.7. The number of aromatic nitrogens is 1. The number of halogens is 2. The van der Waals surface area contributed by atoms with Crippen LogP contribution in [0.4, 0.5) is 10.1 Å². The number of methoxy groups -OCH3 is 2. The Morgan fingerprint density at radius 2 is 1.78 bits per heavy atom. The zero-order valence-electron chi connectivity index (χ0n) is 20.7. The summed E-state index contributed by atoms with van der Waals surface area (Å²) < 4.78 is 30.6. The monoisotopic (exact) mass is 528 g/mol. The Hall–Kier alpha value is -3.90. The lowest BCUT2D eigenvalue weighted by atomic mass is 9.90. The fraction of sp³-hybridized carbons (Fsp3) is 0.333. The van der Waals surface area contributed by atoms with Gasteiger partial charge in [0.05, 0.1) is 37.0 Å². The van der Waals surface area contributed by atoms with Gasteiger partial charge < -0.3 is 19.1 Å². The number of benzene rings is 1. The Morgan fingerprint density at radius 3 is 2.43 bits per heavy atom. The largest absolute Gasteiger partial charge is 0.476 e. The van der Waals surface area contributed by atoms with E-state index in [1.165, 1.54) is 38.7 Å². The fourth-order valence-electron chi connectivity index (χ4n) is 3.95. The topological polar surface area (TPSA) is 95.0 Å². The molecule has 0 saturated heterocycles. The van der Waals surface area contributed by atoms with Crippen LogP contribution in [0.5, 0.6) is 5.75 Å². The maximum Gasteiger partial charge on any atom is 0.339 e. The minimum absolute atomic E-state index is 0.0303. The number of ether oxygens (including phenoxy) is 3. The summed E-state index contributed by atoms with van der Waals surface area (Å²) in [4.78, 5) is 43.6. The number of amides is 1. The molecule has 0 saturated carbocycles. The molecular weight excluding hydrogens is 503 g/mol. The van der Waals surface area contributed by atoms with Gasteiger partial charge in [-0.15, -0.1) is 6.42 Å². The normalized spacial score (nSPS) is 13.8. The second-order valence-corrected chi connectivity index (χ2v) is 8.69. The molecule has 0 spiro atoms.